The van der Waals surface area contributed by atoms with E-state index in [2.05, 4.69) is 15.6 Å². The van der Waals surface area contributed by atoms with Crippen LogP contribution in [0.2, 0.25) is 0 Å². The number of nitrogens with zero attached hydrogens (tertiary/aromatic N) is 1. The molecular weight excluding hydrogens is 230 g/mol. The van der Waals surface area contributed by atoms with Gasteiger partial charge >= 0.3 is 0 Å². The molecule has 0 aliphatic rings. The fourth-order valence-corrected chi connectivity index (χ4v) is 1.43. The van der Waals surface area contributed by atoms with Crippen LogP contribution in [0.25, 0.3) is 0 Å². The summed E-state index contributed by atoms with van der Waals surface area (Å²) >= 11 is 0. The minimum atomic E-state index is -0.00223. The fraction of sp³-hybridized carbons (Fsp3) is 0.538. The van der Waals surface area contributed by atoms with E-state index in [1.807, 2.05) is 19.9 Å². The summed E-state index contributed by atoms with van der Waals surface area (Å²) in [6.45, 7) is 5.40. The largest absolute Gasteiger partial charge is 0.383 e. The van der Waals surface area contributed by atoms with Crippen LogP contribution >= 0.6 is 0 Å². The molecule has 0 aliphatic heterocycles. The van der Waals surface area contributed by atoms with E-state index in [9.17, 15) is 4.79 Å². The molecule has 0 spiro atoms. The smallest absolute Gasteiger partial charge is 0.225 e. The molecular formula is C13H21N3O2. The number of hydrogen-bond donors (Lipinski definition) is 2. The standard InChI is InChI=1S/C13H21N3O2/c1-10(2)8-13(17)16-12-5-4-11(9-15-12)14-6-7-18-3/h4-5,9-10,14H,6-8H2,1-3H3,(H,15,16,17). The number of amides is 1. The van der Waals surface area contributed by atoms with Crippen LogP contribution in [0, 0.1) is 5.92 Å². The SMILES string of the molecule is COCCNc1ccc(NC(=O)CC(C)C)nc1. The minimum Gasteiger partial charge on any atom is -0.383 e. The number of methoxy groups -OCH3 is 1. The van der Waals surface area contributed by atoms with Gasteiger partial charge in [-0.1, -0.05) is 13.8 Å². The lowest BCUT2D eigenvalue weighted by atomic mass is 10.1. The minimum absolute atomic E-state index is 0.00223. The van der Waals surface area contributed by atoms with Gasteiger partial charge in [0.1, 0.15) is 5.82 Å². The summed E-state index contributed by atoms with van der Waals surface area (Å²) in [7, 11) is 1.66. The van der Waals surface area contributed by atoms with Gasteiger partial charge in [0.2, 0.25) is 5.91 Å². The number of anilines is 2. The lowest BCUT2D eigenvalue weighted by Gasteiger charge is -2.08. The van der Waals surface area contributed by atoms with Crippen LogP contribution in [-0.2, 0) is 9.53 Å². The Morgan fingerprint density at radius 2 is 2.22 bits per heavy atom. The summed E-state index contributed by atoms with van der Waals surface area (Å²) in [5.41, 5.74) is 0.911. The Morgan fingerprint density at radius 1 is 1.44 bits per heavy atom. The zero-order valence-corrected chi connectivity index (χ0v) is 11.2. The van der Waals surface area contributed by atoms with E-state index in [1.54, 1.807) is 19.4 Å². The summed E-state index contributed by atoms with van der Waals surface area (Å²) < 4.78 is 4.94. The van der Waals surface area contributed by atoms with E-state index >= 15 is 0 Å². The van der Waals surface area contributed by atoms with Crippen molar-refractivity contribution in [2.24, 2.45) is 5.92 Å². The second-order valence-corrected chi connectivity index (χ2v) is 4.50. The fourth-order valence-electron chi connectivity index (χ4n) is 1.43. The number of nitrogens with one attached hydrogen (secondary N) is 2. The Kier molecular flexibility index (Phi) is 6.14. The second kappa shape index (κ2) is 7.66. The van der Waals surface area contributed by atoms with E-state index in [-0.39, 0.29) is 5.91 Å². The number of pyridine rings is 1. The molecule has 0 aromatic carbocycles. The van der Waals surface area contributed by atoms with Crippen LogP contribution in [0.15, 0.2) is 18.3 Å². The van der Waals surface area contributed by atoms with Crippen LogP contribution in [0.3, 0.4) is 0 Å². The number of carbonyl (C=O) groups excluding carboxylic acids is 1. The topological polar surface area (TPSA) is 63.2 Å². The Balaban J connectivity index is 2.42. The molecule has 0 saturated heterocycles. The predicted octanol–water partition coefficient (Wildman–Crippen LogP) is 2.12. The lowest BCUT2D eigenvalue weighted by molar-refractivity contribution is -0.116. The zero-order chi connectivity index (χ0) is 13.4. The molecule has 0 saturated carbocycles. The highest BCUT2D eigenvalue weighted by atomic mass is 16.5. The van der Waals surface area contributed by atoms with Crippen molar-refractivity contribution in [2.45, 2.75) is 20.3 Å². The Morgan fingerprint density at radius 3 is 2.78 bits per heavy atom. The van der Waals surface area contributed by atoms with Crippen LogP contribution < -0.4 is 10.6 Å². The average Bonchev–Trinajstić information content (AvgIpc) is 2.30. The molecule has 0 radical (unpaired) electrons. The molecule has 1 amide bonds. The summed E-state index contributed by atoms with van der Waals surface area (Å²) in [5, 5.41) is 5.92. The van der Waals surface area contributed by atoms with Crippen molar-refractivity contribution in [2.75, 3.05) is 30.9 Å². The van der Waals surface area contributed by atoms with Gasteiger partial charge in [0.15, 0.2) is 0 Å². The van der Waals surface area contributed by atoms with Crippen LogP contribution in [0.4, 0.5) is 11.5 Å². The zero-order valence-electron chi connectivity index (χ0n) is 11.2. The summed E-state index contributed by atoms with van der Waals surface area (Å²) in [4.78, 5) is 15.7. The van der Waals surface area contributed by atoms with Gasteiger partial charge in [0, 0.05) is 20.1 Å². The van der Waals surface area contributed by atoms with Gasteiger partial charge in [-0.25, -0.2) is 4.98 Å². The number of carbonyl (C=O) groups is 1. The average molecular weight is 251 g/mol. The second-order valence-electron chi connectivity index (χ2n) is 4.50. The highest BCUT2D eigenvalue weighted by Crippen LogP contribution is 2.10. The third-order valence-corrected chi connectivity index (χ3v) is 2.26. The van der Waals surface area contributed by atoms with E-state index in [0.29, 0.717) is 24.8 Å². The van der Waals surface area contributed by atoms with Crippen LogP contribution in [0.5, 0.6) is 0 Å². The van der Waals surface area contributed by atoms with E-state index in [0.717, 1.165) is 12.2 Å². The van der Waals surface area contributed by atoms with E-state index in [4.69, 9.17) is 4.74 Å². The predicted molar refractivity (Wildman–Crippen MR) is 72.7 cm³/mol. The summed E-state index contributed by atoms with van der Waals surface area (Å²) in [6.07, 6.45) is 2.20. The number of ether oxygens (including phenoxy) is 1. The van der Waals surface area contributed by atoms with Gasteiger partial charge < -0.3 is 15.4 Å². The van der Waals surface area contributed by atoms with Gasteiger partial charge in [0.05, 0.1) is 18.5 Å². The van der Waals surface area contributed by atoms with Gasteiger partial charge in [-0.3, -0.25) is 4.79 Å². The molecule has 18 heavy (non-hydrogen) atoms. The first-order chi connectivity index (χ1) is 8.61. The molecule has 5 nitrogen and oxygen atoms in total. The summed E-state index contributed by atoms with van der Waals surface area (Å²) in [5.74, 6) is 0.926. The molecule has 5 heteroatoms. The maximum absolute atomic E-state index is 11.5. The monoisotopic (exact) mass is 251 g/mol. The van der Waals surface area contributed by atoms with Crippen LogP contribution in [-0.4, -0.2) is 31.2 Å². The molecule has 2 N–H and O–H groups in total. The molecule has 0 atom stereocenters. The highest BCUT2D eigenvalue weighted by Gasteiger charge is 2.05. The van der Waals surface area contributed by atoms with Gasteiger partial charge in [-0.05, 0) is 18.1 Å². The van der Waals surface area contributed by atoms with Crippen molar-refractivity contribution < 1.29 is 9.53 Å². The van der Waals surface area contributed by atoms with Crippen molar-refractivity contribution in [1.82, 2.24) is 4.98 Å². The Bertz CT molecular complexity index is 363. The number of rotatable bonds is 7. The number of hydrogen-bond acceptors (Lipinski definition) is 4. The molecule has 1 rings (SSSR count). The van der Waals surface area contributed by atoms with Gasteiger partial charge in [-0.15, -0.1) is 0 Å². The van der Waals surface area contributed by atoms with Crippen LogP contribution in [0.1, 0.15) is 20.3 Å². The van der Waals surface area contributed by atoms with Crippen molar-refractivity contribution in [3.8, 4) is 0 Å². The molecule has 0 bridgehead atoms. The van der Waals surface area contributed by atoms with E-state index in [1.165, 1.54) is 0 Å². The third-order valence-electron chi connectivity index (χ3n) is 2.26. The maximum atomic E-state index is 11.5. The third kappa shape index (κ3) is 5.63. The highest BCUT2D eigenvalue weighted by molar-refractivity contribution is 5.89. The quantitative estimate of drug-likeness (QED) is 0.729. The van der Waals surface area contributed by atoms with Crippen molar-refractivity contribution in [3.63, 3.8) is 0 Å². The summed E-state index contributed by atoms with van der Waals surface area (Å²) in [6, 6.07) is 3.67. The van der Waals surface area contributed by atoms with Crippen molar-refractivity contribution in [3.05, 3.63) is 18.3 Å². The van der Waals surface area contributed by atoms with Crippen molar-refractivity contribution >= 4 is 17.4 Å². The first-order valence-electron chi connectivity index (χ1n) is 6.10. The maximum Gasteiger partial charge on any atom is 0.225 e. The normalized spacial score (nSPS) is 10.4. The molecule has 100 valence electrons. The van der Waals surface area contributed by atoms with Gasteiger partial charge in [-0.2, -0.15) is 0 Å². The number of aromatic nitrogens is 1. The molecule has 0 aliphatic carbocycles. The van der Waals surface area contributed by atoms with E-state index < -0.39 is 0 Å². The first kappa shape index (κ1) is 14.4. The van der Waals surface area contributed by atoms with Gasteiger partial charge in [0.25, 0.3) is 0 Å². The molecule has 0 unspecified atom stereocenters. The molecule has 1 aromatic rings. The lowest BCUT2D eigenvalue weighted by Crippen LogP contribution is -2.15. The molecule has 1 aromatic heterocycles. The van der Waals surface area contributed by atoms with Crippen molar-refractivity contribution in [1.29, 1.82) is 0 Å². The molecule has 1 heterocycles. The first-order valence-corrected chi connectivity index (χ1v) is 6.10. The Labute approximate surface area is 108 Å². The molecule has 0 fully saturated rings. The Hall–Kier alpha value is -1.62.